The molecule has 0 fully saturated rings. The van der Waals surface area contributed by atoms with Gasteiger partial charge in [-0.25, -0.2) is 0 Å². The number of Topliss-reactive ketones (excluding diaryl/α,β-unsaturated/α-hetero) is 1. The molecule has 0 saturated carbocycles. The van der Waals surface area contributed by atoms with Gasteiger partial charge in [0.15, 0.2) is 5.78 Å². The number of benzene rings is 1. The number of alkyl halides is 3. The molecular weight excluding hydrogens is 231 g/mol. The second kappa shape index (κ2) is 5.70. The summed E-state index contributed by atoms with van der Waals surface area (Å²) in [6.45, 7) is 1.73. The molecule has 0 atom stereocenters. The predicted molar refractivity (Wildman–Crippen MR) is 60.2 cm³/mol. The minimum absolute atomic E-state index is 0.0337. The molecule has 0 bridgehead atoms. The summed E-state index contributed by atoms with van der Waals surface area (Å²) in [6.07, 6.45) is -4.84. The number of hydrogen-bond acceptors (Lipinski definition) is 2. The van der Waals surface area contributed by atoms with E-state index in [4.69, 9.17) is 0 Å². The number of carbonyl (C=O) groups is 1. The van der Waals surface area contributed by atoms with E-state index in [-0.39, 0.29) is 18.7 Å². The van der Waals surface area contributed by atoms with Crippen molar-refractivity contribution in [3.8, 4) is 0 Å². The second-order valence-corrected chi connectivity index (χ2v) is 3.78. The third-order valence-corrected chi connectivity index (χ3v) is 2.26. The first-order chi connectivity index (χ1) is 7.88. The number of halogens is 3. The van der Waals surface area contributed by atoms with Crippen molar-refractivity contribution in [2.45, 2.75) is 25.9 Å². The molecule has 0 aliphatic heterocycles. The maximum absolute atomic E-state index is 11.9. The van der Waals surface area contributed by atoms with Gasteiger partial charge in [0.25, 0.3) is 0 Å². The number of anilines is 1. The topological polar surface area (TPSA) is 29.1 Å². The molecule has 1 aromatic carbocycles. The minimum atomic E-state index is -4.10. The van der Waals surface area contributed by atoms with Crippen LogP contribution in [0.5, 0.6) is 0 Å². The Kier molecular flexibility index (Phi) is 4.54. The van der Waals surface area contributed by atoms with Gasteiger partial charge in [0.2, 0.25) is 0 Å². The summed E-state index contributed by atoms with van der Waals surface area (Å²) in [4.78, 5) is 11.0. The highest BCUT2D eigenvalue weighted by atomic mass is 19.4. The zero-order valence-corrected chi connectivity index (χ0v) is 9.47. The lowest BCUT2D eigenvalue weighted by Gasteiger charge is -2.08. The summed E-state index contributed by atoms with van der Waals surface area (Å²) >= 11 is 0. The van der Waals surface area contributed by atoms with E-state index < -0.39 is 12.6 Å². The van der Waals surface area contributed by atoms with Gasteiger partial charge >= 0.3 is 6.18 Å². The molecular formula is C12H14F3NO. The van der Waals surface area contributed by atoms with Crippen LogP contribution >= 0.6 is 0 Å². The average molecular weight is 245 g/mol. The van der Waals surface area contributed by atoms with Crippen LogP contribution in [-0.2, 0) is 0 Å². The number of nitrogens with one attached hydrogen (secondary N) is 1. The summed E-state index contributed by atoms with van der Waals surface area (Å²) in [5, 5.41) is 2.87. The molecule has 0 aliphatic carbocycles. The van der Waals surface area contributed by atoms with Crippen molar-refractivity contribution in [1.82, 2.24) is 0 Å². The SMILES string of the molecule is CC(=O)c1ccc(NCCCC(F)(F)F)cc1. The van der Waals surface area contributed by atoms with Crippen molar-refractivity contribution in [2.75, 3.05) is 11.9 Å². The van der Waals surface area contributed by atoms with Crippen LogP contribution < -0.4 is 5.32 Å². The molecule has 2 nitrogen and oxygen atoms in total. The maximum Gasteiger partial charge on any atom is 0.389 e. The Hall–Kier alpha value is -1.52. The largest absolute Gasteiger partial charge is 0.389 e. The fourth-order valence-corrected chi connectivity index (χ4v) is 1.34. The Labute approximate surface area is 97.8 Å². The molecule has 0 heterocycles. The van der Waals surface area contributed by atoms with Crippen LogP contribution in [0.3, 0.4) is 0 Å². The van der Waals surface area contributed by atoms with Crippen molar-refractivity contribution >= 4 is 11.5 Å². The lowest BCUT2D eigenvalue weighted by atomic mass is 10.1. The number of ketones is 1. The molecule has 0 saturated heterocycles. The van der Waals surface area contributed by atoms with Crippen LogP contribution in [0.25, 0.3) is 0 Å². The molecule has 1 aromatic rings. The van der Waals surface area contributed by atoms with Crippen molar-refractivity contribution in [3.63, 3.8) is 0 Å². The Morgan fingerprint density at radius 1 is 1.24 bits per heavy atom. The van der Waals surface area contributed by atoms with E-state index in [1.807, 2.05) is 0 Å². The van der Waals surface area contributed by atoms with E-state index in [9.17, 15) is 18.0 Å². The minimum Gasteiger partial charge on any atom is -0.385 e. The highest BCUT2D eigenvalue weighted by molar-refractivity contribution is 5.94. The van der Waals surface area contributed by atoms with Crippen LogP contribution in [-0.4, -0.2) is 18.5 Å². The molecule has 17 heavy (non-hydrogen) atoms. The van der Waals surface area contributed by atoms with Crippen LogP contribution in [0.4, 0.5) is 18.9 Å². The van der Waals surface area contributed by atoms with Gasteiger partial charge < -0.3 is 5.32 Å². The molecule has 1 rings (SSSR count). The van der Waals surface area contributed by atoms with E-state index >= 15 is 0 Å². The number of hydrogen-bond donors (Lipinski definition) is 1. The zero-order chi connectivity index (χ0) is 12.9. The number of rotatable bonds is 5. The Morgan fingerprint density at radius 3 is 2.29 bits per heavy atom. The Balaban J connectivity index is 2.35. The Bertz CT molecular complexity index is 370. The normalized spacial score (nSPS) is 11.3. The first-order valence-electron chi connectivity index (χ1n) is 5.30. The van der Waals surface area contributed by atoms with Crippen molar-refractivity contribution < 1.29 is 18.0 Å². The third-order valence-electron chi connectivity index (χ3n) is 2.26. The van der Waals surface area contributed by atoms with Crippen molar-refractivity contribution in [2.24, 2.45) is 0 Å². The molecule has 0 spiro atoms. The number of carbonyl (C=O) groups excluding carboxylic acids is 1. The lowest BCUT2D eigenvalue weighted by Crippen LogP contribution is -2.10. The quantitative estimate of drug-likeness (QED) is 0.633. The fraction of sp³-hybridized carbons (Fsp3) is 0.417. The zero-order valence-electron chi connectivity index (χ0n) is 9.47. The van der Waals surface area contributed by atoms with E-state index in [0.717, 1.165) is 5.69 Å². The van der Waals surface area contributed by atoms with E-state index in [1.165, 1.54) is 6.92 Å². The third kappa shape index (κ3) is 5.38. The van der Waals surface area contributed by atoms with Gasteiger partial charge in [-0.15, -0.1) is 0 Å². The van der Waals surface area contributed by atoms with Gasteiger partial charge in [0.05, 0.1) is 0 Å². The monoisotopic (exact) mass is 245 g/mol. The summed E-state index contributed by atoms with van der Waals surface area (Å²) in [7, 11) is 0. The highest BCUT2D eigenvalue weighted by Gasteiger charge is 2.25. The van der Waals surface area contributed by atoms with Crippen molar-refractivity contribution in [1.29, 1.82) is 0 Å². The predicted octanol–water partition coefficient (Wildman–Crippen LogP) is 3.64. The molecule has 1 N–H and O–H groups in total. The first kappa shape index (κ1) is 13.5. The summed E-state index contributed by atoms with van der Waals surface area (Å²) < 4.78 is 35.6. The second-order valence-electron chi connectivity index (χ2n) is 3.78. The van der Waals surface area contributed by atoms with Gasteiger partial charge in [-0.1, -0.05) is 0 Å². The lowest BCUT2D eigenvalue weighted by molar-refractivity contribution is -0.134. The van der Waals surface area contributed by atoms with Crippen LogP contribution in [0, 0.1) is 0 Å². The van der Waals surface area contributed by atoms with Gasteiger partial charge in [-0.2, -0.15) is 13.2 Å². The average Bonchev–Trinajstić information content (AvgIpc) is 2.24. The molecule has 0 unspecified atom stereocenters. The van der Waals surface area contributed by atoms with Crippen LogP contribution in [0.15, 0.2) is 24.3 Å². The van der Waals surface area contributed by atoms with Crippen LogP contribution in [0.1, 0.15) is 30.1 Å². The molecule has 0 aromatic heterocycles. The fourth-order valence-electron chi connectivity index (χ4n) is 1.34. The highest BCUT2D eigenvalue weighted by Crippen LogP contribution is 2.21. The molecule has 94 valence electrons. The van der Waals surface area contributed by atoms with Crippen LogP contribution in [0.2, 0.25) is 0 Å². The van der Waals surface area contributed by atoms with Gasteiger partial charge in [-0.3, -0.25) is 4.79 Å². The molecule has 0 amide bonds. The smallest absolute Gasteiger partial charge is 0.385 e. The summed E-state index contributed by atoms with van der Waals surface area (Å²) in [5.41, 5.74) is 1.31. The van der Waals surface area contributed by atoms with E-state index in [2.05, 4.69) is 5.32 Å². The molecule has 0 aliphatic rings. The molecule has 0 radical (unpaired) electrons. The summed E-state index contributed by atoms with van der Waals surface area (Å²) in [6, 6.07) is 6.66. The van der Waals surface area contributed by atoms with Gasteiger partial charge in [0, 0.05) is 24.2 Å². The van der Waals surface area contributed by atoms with Crippen molar-refractivity contribution in [3.05, 3.63) is 29.8 Å². The van der Waals surface area contributed by atoms with E-state index in [0.29, 0.717) is 5.56 Å². The van der Waals surface area contributed by atoms with E-state index in [1.54, 1.807) is 24.3 Å². The van der Waals surface area contributed by atoms with Gasteiger partial charge in [-0.05, 0) is 37.6 Å². The van der Waals surface area contributed by atoms with Gasteiger partial charge in [0.1, 0.15) is 0 Å². The Morgan fingerprint density at radius 2 is 1.82 bits per heavy atom. The first-order valence-corrected chi connectivity index (χ1v) is 5.30. The summed E-state index contributed by atoms with van der Waals surface area (Å²) in [5.74, 6) is -0.0337. The molecule has 5 heteroatoms. The standard InChI is InChI=1S/C12H14F3NO/c1-9(17)10-3-5-11(6-4-10)16-8-2-7-12(13,14)15/h3-6,16H,2,7-8H2,1H3. The maximum atomic E-state index is 11.9.